The number of hydrogen-bond donors (Lipinski definition) is 1. The summed E-state index contributed by atoms with van der Waals surface area (Å²) in [6.07, 6.45) is 1.77. The number of fused-ring (bicyclic) bond motifs is 1. The van der Waals surface area contributed by atoms with E-state index in [-0.39, 0.29) is 10.6 Å². The zero-order valence-electron chi connectivity index (χ0n) is 11.6. The Morgan fingerprint density at radius 1 is 1.27 bits per heavy atom. The summed E-state index contributed by atoms with van der Waals surface area (Å²) in [5, 5.41) is 11.6. The van der Waals surface area contributed by atoms with Gasteiger partial charge in [0.25, 0.3) is 5.69 Å². The molecule has 0 aliphatic heterocycles. The normalized spacial score (nSPS) is 11.4. The highest BCUT2D eigenvalue weighted by Gasteiger charge is 2.17. The van der Waals surface area contributed by atoms with Crippen LogP contribution in [0.4, 0.5) is 10.8 Å². The van der Waals surface area contributed by atoms with Crippen LogP contribution in [0, 0.1) is 10.1 Å². The molecule has 0 saturated carbocycles. The summed E-state index contributed by atoms with van der Waals surface area (Å²) in [5.41, 5.74) is 1.99. The second kappa shape index (κ2) is 5.86. The number of nitro benzene ring substituents is 1. The average Bonchev–Trinajstić information content (AvgIpc) is 2.82. The minimum atomic E-state index is -0.388. The Labute approximate surface area is 136 Å². The molecule has 0 spiro atoms. The molecule has 0 amide bonds. The molecule has 0 radical (unpaired) electrons. The standard InChI is InChI=1S/C15H11N3O2S2/c1-17-13-7-4-11(18(19)20)8-14(13)22-15(17)16-9-10-2-5-12(21)6-3-10/h2-9H,1H3/p+1. The van der Waals surface area contributed by atoms with Crippen LogP contribution in [0.25, 0.3) is 10.2 Å². The summed E-state index contributed by atoms with van der Waals surface area (Å²) >= 11 is 5.67. The third kappa shape index (κ3) is 2.86. The summed E-state index contributed by atoms with van der Waals surface area (Å²) in [7, 11) is 1.90. The fraction of sp³-hybridized carbons (Fsp3) is 0.0667. The topological polar surface area (TPSA) is 59.4 Å². The monoisotopic (exact) mass is 330 g/mol. The number of rotatable bonds is 3. The van der Waals surface area contributed by atoms with Gasteiger partial charge in [0.2, 0.25) is 0 Å². The molecular weight excluding hydrogens is 318 g/mol. The predicted molar refractivity (Wildman–Crippen MR) is 90.6 cm³/mol. The van der Waals surface area contributed by atoms with E-state index in [0.717, 1.165) is 25.8 Å². The van der Waals surface area contributed by atoms with Crippen LogP contribution in [0.3, 0.4) is 0 Å². The molecular formula is C15H12N3O2S2+. The lowest BCUT2D eigenvalue weighted by molar-refractivity contribution is -0.627. The molecule has 7 heteroatoms. The van der Waals surface area contributed by atoms with E-state index in [1.54, 1.807) is 18.3 Å². The number of benzene rings is 2. The van der Waals surface area contributed by atoms with Crippen molar-refractivity contribution in [2.45, 2.75) is 4.90 Å². The number of aliphatic imine (C=N–C) groups is 1. The second-order valence-electron chi connectivity index (χ2n) is 4.70. The van der Waals surface area contributed by atoms with Gasteiger partial charge >= 0.3 is 5.13 Å². The van der Waals surface area contributed by atoms with E-state index >= 15 is 0 Å². The van der Waals surface area contributed by atoms with Crippen molar-refractivity contribution in [2.75, 3.05) is 0 Å². The minimum absolute atomic E-state index is 0.0919. The Hall–Kier alpha value is -2.25. The minimum Gasteiger partial charge on any atom is -0.258 e. The van der Waals surface area contributed by atoms with Gasteiger partial charge in [0.1, 0.15) is 11.7 Å². The van der Waals surface area contributed by atoms with Crippen LogP contribution in [-0.2, 0) is 7.05 Å². The molecule has 3 rings (SSSR count). The molecule has 22 heavy (non-hydrogen) atoms. The number of nitro groups is 1. The third-order valence-corrected chi connectivity index (χ3v) is 4.63. The van der Waals surface area contributed by atoms with E-state index in [2.05, 4.69) is 17.6 Å². The summed E-state index contributed by atoms with van der Waals surface area (Å²) in [4.78, 5) is 15.8. The molecule has 2 aromatic carbocycles. The summed E-state index contributed by atoms with van der Waals surface area (Å²) in [5.74, 6) is 0. The smallest absolute Gasteiger partial charge is 0.258 e. The Bertz CT molecular complexity index is 886. The van der Waals surface area contributed by atoms with Gasteiger partial charge in [-0.1, -0.05) is 12.1 Å². The largest absolute Gasteiger partial charge is 0.382 e. The number of thiol groups is 1. The molecule has 0 fully saturated rings. The van der Waals surface area contributed by atoms with Gasteiger partial charge in [-0.05, 0) is 34.5 Å². The van der Waals surface area contributed by atoms with Crippen molar-refractivity contribution in [3.05, 3.63) is 58.1 Å². The fourth-order valence-electron chi connectivity index (χ4n) is 2.05. The number of thiazole rings is 1. The molecule has 0 saturated heterocycles. The Morgan fingerprint density at radius 2 is 2.00 bits per heavy atom. The maximum atomic E-state index is 10.8. The van der Waals surface area contributed by atoms with Crippen molar-refractivity contribution in [3.63, 3.8) is 0 Å². The quantitative estimate of drug-likeness (QED) is 0.262. The molecule has 0 N–H and O–H groups in total. The van der Waals surface area contributed by atoms with Gasteiger partial charge in [0.15, 0.2) is 0 Å². The molecule has 5 nitrogen and oxygen atoms in total. The molecule has 1 aromatic heterocycles. The first-order valence-electron chi connectivity index (χ1n) is 6.44. The zero-order chi connectivity index (χ0) is 15.7. The van der Waals surface area contributed by atoms with E-state index in [0.29, 0.717) is 0 Å². The molecule has 0 aliphatic carbocycles. The SMILES string of the molecule is C[n+]1c(N=Cc2ccc(S)cc2)sc2cc([N+](=O)[O-])ccc21. The molecule has 0 aliphatic rings. The van der Waals surface area contributed by atoms with E-state index in [1.807, 2.05) is 35.9 Å². The van der Waals surface area contributed by atoms with Crippen LogP contribution in [-0.4, -0.2) is 11.1 Å². The lowest BCUT2D eigenvalue weighted by Gasteiger charge is -1.91. The number of aromatic nitrogens is 1. The maximum absolute atomic E-state index is 10.8. The zero-order valence-corrected chi connectivity index (χ0v) is 13.3. The second-order valence-corrected chi connectivity index (χ2v) is 6.23. The predicted octanol–water partition coefficient (Wildman–Crippen LogP) is 3.67. The molecule has 3 aromatic rings. The summed E-state index contributed by atoms with van der Waals surface area (Å²) in [6, 6.07) is 12.5. The van der Waals surface area contributed by atoms with Gasteiger partial charge < -0.3 is 0 Å². The Morgan fingerprint density at radius 3 is 2.68 bits per heavy atom. The number of non-ortho nitro benzene ring substituents is 1. The summed E-state index contributed by atoms with van der Waals surface area (Å²) < 4.78 is 2.77. The molecule has 110 valence electrons. The van der Waals surface area contributed by atoms with E-state index in [9.17, 15) is 10.1 Å². The van der Waals surface area contributed by atoms with Crippen LogP contribution in [0.5, 0.6) is 0 Å². The van der Waals surface area contributed by atoms with Gasteiger partial charge in [-0.15, -0.1) is 12.6 Å². The number of nitrogens with zero attached hydrogens (tertiary/aromatic N) is 3. The Kier molecular flexibility index (Phi) is 3.91. The van der Waals surface area contributed by atoms with Crippen LogP contribution < -0.4 is 4.57 Å². The van der Waals surface area contributed by atoms with Crippen molar-refractivity contribution in [1.82, 2.24) is 0 Å². The Balaban J connectivity index is 1.98. The van der Waals surface area contributed by atoms with Crippen molar-refractivity contribution in [3.8, 4) is 0 Å². The van der Waals surface area contributed by atoms with E-state index in [1.165, 1.54) is 17.4 Å². The fourth-order valence-corrected chi connectivity index (χ4v) is 3.22. The van der Waals surface area contributed by atoms with Gasteiger partial charge in [0, 0.05) is 22.6 Å². The van der Waals surface area contributed by atoms with Crippen LogP contribution in [0.15, 0.2) is 52.4 Å². The lowest BCUT2D eigenvalue weighted by atomic mass is 10.2. The first kappa shape index (κ1) is 14.7. The van der Waals surface area contributed by atoms with Crippen LogP contribution in [0.2, 0.25) is 0 Å². The van der Waals surface area contributed by atoms with E-state index in [4.69, 9.17) is 0 Å². The van der Waals surface area contributed by atoms with E-state index < -0.39 is 0 Å². The average molecular weight is 330 g/mol. The molecule has 0 unspecified atom stereocenters. The first-order chi connectivity index (χ1) is 10.5. The van der Waals surface area contributed by atoms with Crippen molar-refractivity contribution in [1.29, 1.82) is 0 Å². The molecule has 0 bridgehead atoms. The number of aryl methyl sites for hydroxylation is 1. The highest BCUT2D eigenvalue weighted by molar-refractivity contribution is 7.80. The highest BCUT2D eigenvalue weighted by atomic mass is 32.1. The van der Waals surface area contributed by atoms with Crippen LogP contribution >= 0.6 is 24.0 Å². The molecule has 1 heterocycles. The summed E-state index contributed by atoms with van der Waals surface area (Å²) in [6.45, 7) is 0. The number of hydrogen-bond acceptors (Lipinski definition) is 5. The highest BCUT2D eigenvalue weighted by Crippen LogP contribution is 2.28. The van der Waals surface area contributed by atoms with Crippen molar-refractivity contribution < 1.29 is 9.49 Å². The van der Waals surface area contributed by atoms with Gasteiger partial charge in [-0.2, -0.15) is 0 Å². The van der Waals surface area contributed by atoms with Crippen LogP contribution in [0.1, 0.15) is 5.56 Å². The molecule has 0 atom stereocenters. The van der Waals surface area contributed by atoms with Gasteiger partial charge in [-0.3, -0.25) is 10.1 Å². The van der Waals surface area contributed by atoms with Crippen molar-refractivity contribution in [2.24, 2.45) is 12.0 Å². The first-order valence-corrected chi connectivity index (χ1v) is 7.71. The van der Waals surface area contributed by atoms with Crippen molar-refractivity contribution >= 4 is 51.2 Å². The van der Waals surface area contributed by atoms with Gasteiger partial charge in [-0.25, -0.2) is 4.57 Å². The third-order valence-electron chi connectivity index (χ3n) is 3.22. The lowest BCUT2D eigenvalue weighted by Crippen LogP contribution is -2.25. The maximum Gasteiger partial charge on any atom is 0.382 e. The van der Waals surface area contributed by atoms with Gasteiger partial charge in [0.05, 0.1) is 16.7 Å².